The molecule has 1 aliphatic heterocycles. The van der Waals surface area contributed by atoms with Crippen molar-refractivity contribution in [2.75, 3.05) is 6.61 Å². The highest BCUT2D eigenvalue weighted by Crippen LogP contribution is 2.34. The maximum atomic E-state index is 10.7. The highest BCUT2D eigenvalue weighted by molar-refractivity contribution is 5.92. The molecule has 0 aromatic heterocycles. The van der Waals surface area contributed by atoms with Crippen LogP contribution < -0.4 is 0 Å². The van der Waals surface area contributed by atoms with Gasteiger partial charge in [-0.3, -0.25) is 4.79 Å². The Hall–Kier alpha value is -1.88. The first-order chi connectivity index (χ1) is 8.54. The van der Waals surface area contributed by atoms with Gasteiger partial charge in [0.2, 0.25) is 0 Å². The van der Waals surface area contributed by atoms with E-state index >= 15 is 0 Å². The van der Waals surface area contributed by atoms with Crippen LogP contribution in [-0.2, 0) is 20.0 Å². The van der Waals surface area contributed by atoms with Gasteiger partial charge in [0.25, 0.3) is 0 Å². The highest BCUT2D eigenvalue weighted by atomic mass is 16.7. The Morgan fingerprint density at radius 2 is 2.17 bits per heavy atom. The Morgan fingerprint density at radius 1 is 1.50 bits per heavy atom. The molecule has 0 radical (unpaired) electrons. The summed E-state index contributed by atoms with van der Waals surface area (Å²) in [7, 11) is 0. The standard InChI is InChI=1S/C13H15NO4/c1-9(15)17-8-11-12(16)13(2,18-14-11)10-6-4-3-5-7-10/h3-7,12,16H,8H2,1-2H3/t12-,13+/m0/s1. The summed E-state index contributed by atoms with van der Waals surface area (Å²) in [6.07, 6.45) is -0.931. The summed E-state index contributed by atoms with van der Waals surface area (Å²) in [5.41, 5.74) is 0.201. The average Bonchev–Trinajstić information content (AvgIpc) is 2.66. The minimum atomic E-state index is -0.934. The zero-order chi connectivity index (χ0) is 13.2. The van der Waals surface area contributed by atoms with E-state index in [0.717, 1.165) is 5.56 Å². The lowest BCUT2D eigenvalue weighted by atomic mass is 9.88. The van der Waals surface area contributed by atoms with E-state index in [9.17, 15) is 9.90 Å². The molecule has 2 rings (SSSR count). The van der Waals surface area contributed by atoms with Crippen LogP contribution >= 0.6 is 0 Å². The number of oxime groups is 1. The number of aliphatic hydroxyl groups is 1. The maximum absolute atomic E-state index is 10.7. The van der Waals surface area contributed by atoms with Gasteiger partial charge in [-0.1, -0.05) is 35.5 Å². The van der Waals surface area contributed by atoms with Gasteiger partial charge in [0, 0.05) is 12.5 Å². The molecule has 1 aliphatic rings. The first-order valence-corrected chi connectivity index (χ1v) is 5.66. The molecule has 5 heteroatoms. The van der Waals surface area contributed by atoms with Crippen LogP contribution in [0.1, 0.15) is 19.4 Å². The highest BCUT2D eigenvalue weighted by Gasteiger charge is 2.45. The van der Waals surface area contributed by atoms with Crippen LogP contribution in [0.5, 0.6) is 0 Å². The number of rotatable bonds is 3. The summed E-state index contributed by atoms with van der Waals surface area (Å²) in [5.74, 6) is -0.418. The number of carbonyl (C=O) groups is 1. The van der Waals surface area contributed by atoms with Gasteiger partial charge in [0.15, 0.2) is 5.60 Å². The van der Waals surface area contributed by atoms with Gasteiger partial charge in [0.1, 0.15) is 18.4 Å². The van der Waals surface area contributed by atoms with Crippen LogP contribution in [0.3, 0.4) is 0 Å². The van der Waals surface area contributed by atoms with Crippen molar-refractivity contribution in [2.24, 2.45) is 5.16 Å². The second kappa shape index (κ2) is 4.78. The first-order valence-electron chi connectivity index (χ1n) is 5.66. The molecule has 1 N–H and O–H groups in total. The van der Waals surface area contributed by atoms with Crippen molar-refractivity contribution in [1.82, 2.24) is 0 Å². The number of nitrogens with zero attached hydrogens (tertiary/aromatic N) is 1. The number of carbonyl (C=O) groups excluding carboxylic acids is 1. The minimum Gasteiger partial charge on any atom is -0.459 e. The molecular formula is C13H15NO4. The molecule has 2 atom stereocenters. The number of ether oxygens (including phenoxy) is 1. The van der Waals surface area contributed by atoms with E-state index in [1.165, 1.54) is 6.92 Å². The lowest BCUT2D eigenvalue weighted by Gasteiger charge is -2.26. The normalized spacial score (nSPS) is 26.4. The molecule has 0 unspecified atom stereocenters. The fourth-order valence-electron chi connectivity index (χ4n) is 1.83. The van der Waals surface area contributed by atoms with Crippen LogP contribution in [0.25, 0.3) is 0 Å². The van der Waals surface area contributed by atoms with Crippen molar-refractivity contribution in [3.05, 3.63) is 35.9 Å². The molecule has 96 valence electrons. The molecule has 1 heterocycles. The summed E-state index contributed by atoms with van der Waals surface area (Å²) in [5, 5.41) is 14.0. The smallest absolute Gasteiger partial charge is 0.303 e. The monoisotopic (exact) mass is 249 g/mol. The van der Waals surface area contributed by atoms with Crippen molar-refractivity contribution in [3.8, 4) is 0 Å². The van der Waals surface area contributed by atoms with Crippen molar-refractivity contribution in [3.63, 3.8) is 0 Å². The Bertz CT molecular complexity index is 471. The Balaban J connectivity index is 2.13. The number of aliphatic hydroxyl groups excluding tert-OH is 1. The number of esters is 1. The molecule has 0 aliphatic carbocycles. The van der Waals surface area contributed by atoms with E-state index in [2.05, 4.69) is 5.16 Å². The van der Waals surface area contributed by atoms with Crippen molar-refractivity contribution in [2.45, 2.75) is 25.6 Å². The molecule has 5 nitrogen and oxygen atoms in total. The largest absolute Gasteiger partial charge is 0.459 e. The lowest BCUT2D eigenvalue weighted by Crippen LogP contribution is -2.39. The fraction of sp³-hybridized carbons (Fsp3) is 0.385. The SMILES string of the molecule is CC(=O)OCC1=NO[C@](C)(c2ccccc2)[C@H]1O. The third-order valence-electron chi connectivity index (χ3n) is 2.96. The number of hydrogen-bond acceptors (Lipinski definition) is 5. The zero-order valence-corrected chi connectivity index (χ0v) is 10.3. The van der Waals surface area contributed by atoms with Gasteiger partial charge >= 0.3 is 5.97 Å². The summed E-state index contributed by atoms with van der Waals surface area (Å²) in [4.78, 5) is 16.1. The minimum absolute atomic E-state index is 0.0566. The molecule has 1 aromatic rings. The van der Waals surface area contributed by atoms with Crippen LogP contribution in [0, 0.1) is 0 Å². The number of hydrogen-bond donors (Lipinski definition) is 1. The van der Waals surface area contributed by atoms with Crippen LogP contribution in [-0.4, -0.2) is 29.5 Å². The maximum Gasteiger partial charge on any atom is 0.303 e. The fourth-order valence-corrected chi connectivity index (χ4v) is 1.83. The number of benzene rings is 1. The topological polar surface area (TPSA) is 68.1 Å². The summed E-state index contributed by atoms with van der Waals surface area (Å²) >= 11 is 0. The third kappa shape index (κ3) is 2.22. The summed E-state index contributed by atoms with van der Waals surface area (Å²) in [6.45, 7) is 3.00. The Morgan fingerprint density at radius 3 is 2.78 bits per heavy atom. The average molecular weight is 249 g/mol. The summed E-state index contributed by atoms with van der Waals surface area (Å²) in [6, 6.07) is 9.32. The van der Waals surface area contributed by atoms with Crippen molar-refractivity contribution in [1.29, 1.82) is 0 Å². The van der Waals surface area contributed by atoms with Crippen molar-refractivity contribution < 1.29 is 19.5 Å². The molecule has 0 amide bonds. The quantitative estimate of drug-likeness (QED) is 0.818. The molecule has 0 saturated carbocycles. The van der Waals surface area contributed by atoms with E-state index < -0.39 is 17.7 Å². The molecular weight excluding hydrogens is 234 g/mol. The molecule has 0 bridgehead atoms. The predicted molar refractivity (Wildman–Crippen MR) is 65.0 cm³/mol. The van der Waals surface area contributed by atoms with E-state index in [1.54, 1.807) is 6.92 Å². The predicted octanol–water partition coefficient (Wildman–Crippen LogP) is 1.21. The zero-order valence-electron chi connectivity index (χ0n) is 10.3. The molecule has 18 heavy (non-hydrogen) atoms. The van der Waals surface area contributed by atoms with Gasteiger partial charge < -0.3 is 14.7 Å². The van der Waals surface area contributed by atoms with Gasteiger partial charge in [-0.25, -0.2) is 0 Å². The van der Waals surface area contributed by atoms with Crippen molar-refractivity contribution >= 4 is 11.7 Å². The van der Waals surface area contributed by atoms with E-state index in [0.29, 0.717) is 5.71 Å². The van der Waals surface area contributed by atoms with E-state index in [1.807, 2.05) is 30.3 Å². The van der Waals surface area contributed by atoms with Crippen LogP contribution in [0.15, 0.2) is 35.5 Å². The Labute approximate surface area is 105 Å². The molecule has 0 saturated heterocycles. The molecule has 0 spiro atoms. The molecule has 1 aromatic carbocycles. The van der Waals surface area contributed by atoms with E-state index in [4.69, 9.17) is 9.57 Å². The van der Waals surface area contributed by atoms with Crippen LogP contribution in [0.2, 0.25) is 0 Å². The third-order valence-corrected chi connectivity index (χ3v) is 2.96. The van der Waals surface area contributed by atoms with Gasteiger partial charge in [0.05, 0.1) is 0 Å². The van der Waals surface area contributed by atoms with Gasteiger partial charge in [-0.2, -0.15) is 0 Å². The second-order valence-corrected chi connectivity index (χ2v) is 4.33. The van der Waals surface area contributed by atoms with Gasteiger partial charge in [-0.15, -0.1) is 0 Å². The summed E-state index contributed by atoms with van der Waals surface area (Å²) < 4.78 is 4.82. The second-order valence-electron chi connectivity index (χ2n) is 4.33. The van der Waals surface area contributed by atoms with E-state index in [-0.39, 0.29) is 6.61 Å². The lowest BCUT2D eigenvalue weighted by molar-refractivity contribution is -0.139. The Kier molecular flexibility index (Phi) is 3.34. The van der Waals surface area contributed by atoms with Crippen LogP contribution in [0.4, 0.5) is 0 Å². The van der Waals surface area contributed by atoms with Gasteiger partial charge in [-0.05, 0) is 6.92 Å². The molecule has 0 fully saturated rings. The first kappa shape index (κ1) is 12.6.